The number of nitrogens with one attached hydrogen (secondary N) is 1. The van der Waals surface area contributed by atoms with Crippen molar-refractivity contribution in [1.82, 2.24) is 10.2 Å². The lowest BCUT2D eigenvalue weighted by Gasteiger charge is -2.37. The van der Waals surface area contributed by atoms with Crippen molar-refractivity contribution in [2.75, 3.05) is 31.1 Å². The van der Waals surface area contributed by atoms with Crippen LogP contribution in [0.4, 0.5) is 0 Å². The molecular formula is C9H18N2O2S. The van der Waals surface area contributed by atoms with Crippen LogP contribution in [0.15, 0.2) is 0 Å². The quantitative estimate of drug-likeness (QED) is 0.642. The third-order valence-corrected chi connectivity index (χ3v) is 4.98. The normalized spacial score (nSPS) is 38.6. The van der Waals surface area contributed by atoms with Crippen LogP contribution in [0, 0.1) is 0 Å². The molecule has 2 aliphatic rings. The minimum Gasteiger partial charge on any atom is -0.314 e. The molecule has 4 nitrogen and oxygen atoms in total. The van der Waals surface area contributed by atoms with Gasteiger partial charge in [0, 0.05) is 31.7 Å². The smallest absolute Gasteiger partial charge is 0.151 e. The number of piperazine rings is 1. The van der Waals surface area contributed by atoms with E-state index in [1.54, 1.807) is 0 Å². The highest BCUT2D eigenvalue weighted by Gasteiger charge is 2.34. The fraction of sp³-hybridized carbons (Fsp3) is 1.00. The lowest BCUT2D eigenvalue weighted by molar-refractivity contribution is 0.129. The summed E-state index contributed by atoms with van der Waals surface area (Å²) in [6.07, 6.45) is 0.826. The van der Waals surface area contributed by atoms with E-state index in [1.165, 1.54) is 0 Å². The van der Waals surface area contributed by atoms with Gasteiger partial charge >= 0.3 is 0 Å². The van der Waals surface area contributed by atoms with Gasteiger partial charge in [0.05, 0.1) is 11.5 Å². The molecule has 14 heavy (non-hydrogen) atoms. The molecule has 0 bridgehead atoms. The van der Waals surface area contributed by atoms with Gasteiger partial charge in [-0.15, -0.1) is 0 Å². The molecule has 1 unspecified atom stereocenters. The van der Waals surface area contributed by atoms with Gasteiger partial charge in [0.15, 0.2) is 9.84 Å². The Morgan fingerprint density at radius 1 is 1.43 bits per heavy atom. The van der Waals surface area contributed by atoms with Gasteiger partial charge in [-0.3, -0.25) is 4.90 Å². The molecular weight excluding hydrogens is 200 g/mol. The van der Waals surface area contributed by atoms with Crippen molar-refractivity contribution in [2.24, 2.45) is 0 Å². The number of hydrogen-bond donors (Lipinski definition) is 1. The summed E-state index contributed by atoms with van der Waals surface area (Å²) < 4.78 is 22.7. The summed E-state index contributed by atoms with van der Waals surface area (Å²) in [4.78, 5) is 2.35. The second kappa shape index (κ2) is 3.79. The SMILES string of the molecule is C[C@H]1CNCCN1C1CCS(=O)(=O)C1. The molecule has 2 heterocycles. The highest BCUT2D eigenvalue weighted by atomic mass is 32.2. The highest BCUT2D eigenvalue weighted by Crippen LogP contribution is 2.20. The largest absolute Gasteiger partial charge is 0.314 e. The van der Waals surface area contributed by atoms with E-state index in [9.17, 15) is 8.42 Å². The number of rotatable bonds is 1. The number of nitrogens with zero attached hydrogens (tertiary/aromatic N) is 1. The van der Waals surface area contributed by atoms with Gasteiger partial charge in [0.2, 0.25) is 0 Å². The highest BCUT2D eigenvalue weighted by molar-refractivity contribution is 7.91. The molecule has 0 aromatic carbocycles. The van der Waals surface area contributed by atoms with Crippen LogP contribution in [0.1, 0.15) is 13.3 Å². The lowest BCUT2D eigenvalue weighted by Crippen LogP contribution is -2.54. The van der Waals surface area contributed by atoms with Gasteiger partial charge in [-0.1, -0.05) is 0 Å². The maximum Gasteiger partial charge on any atom is 0.151 e. The standard InChI is InChI=1S/C9H18N2O2S/c1-8-6-10-3-4-11(8)9-2-5-14(12,13)7-9/h8-10H,2-7H2,1H3/t8-,9?/m0/s1. The van der Waals surface area contributed by atoms with Crippen LogP contribution in [-0.4, -0.2) is 56.5 Å². The first-order chi connectivity index (χ1) is 6.58. The van der Waals surface area contributed by atoms with Crippen LogP contribution >= 0.6 is 0 Å². The van der Waals surface area contributed by atoms with Crippen LogP contribution < -0.4 is 5.32 Å². The Bertz CT molecular complexity index is 302. The fourth-order valence-electron chi connectivity index (χ4n) is 2.44. The predicted molar refractivity (Wildman–Crippen MR) is 56.1 cm³/mol. The Kier molecular flexibility index (Phi) is 2.81. The molecule has 2 atom stereocenters. The van der Waals surface area contributed by atoms with Crippen molar-refractivity contribution in [3.05, 3.63) is 0 Å². The van der Waals surface area contributed by atoms with Gasteiger partial charge in [-0.05, 0) is 13.3 Å². The summed E-state index contributed by atoms with van der Waals surface area (Å²) in [5.41, 5.74) is 0. The molecule has 0 amide bonds. The van der Waals surface area contributed by atoms with Crippen LogP contribution in [-0.2, 0) is 9.84 Å². The van der Waals surface area contributed by atoms with E-state index in [4.69, 9.17) is 0 Å². The predicted octanol–water partition coefficient (Wildman–Crippen LogP) is -0.533. The summed E-state index contributed by atoms with van der Waals surface area (Å²) >= 11 is 0. The first-order valence-corrected chi connectivity index (χ1v) is 7.07. The maximum atomic E-state index is 11.3. The second-order valence-corrected chi connectivity index (χ2v) is 6.58. The summed E-state index contributed by atoms with van der Waals surface area (Å²) in [5, 5.41) is 3.32. The van der Waals surface area contributed by atoms with Gasteiger partial charge in [0.25, 0.3) is 0 Å². The molecule has 0 aromatic rings. The van der Waals surface area contributed by atoms with Gasteiger partial charge in [-0.2, -0.15) is 0 Å². The molecule has 0 aromatic heterocycles. The minimum absolute atomic E-state index is 0.275. The molecule has 2 fully saturated rings. The Morgan fingerprint density at radius 3 is 2.79 bits per heavy atom. The summed E-state index contributed by atoms with van der Waals surface area (Å²) in [5.74, 6) is 0.756. The molecule has 0 saturated carbocycles. The lowest BCUT2D eigenvalue weighted by atomic mass is 10.1. The maximum absolute atomic E-state index is 11.3. The average molecular weight is 218 g/mol. The van der Waals surface area contributed by atoms with E-state index < -0.39 is 9.84 Å². The monoisotopic (exact) mass is 218 g/mol. The Balaban J connectivity index is 2.01. The molecule has 2 saturated heterocycles. The molecule has 82 valence electrons. The van der Waals surface area contributed by atoms with E-state index in [1.807, 2.05) is 0 Å². The Labute approximate surface area is 85.6 Å². The van der Waals surface area contributed by atoms with Crippen LogP contribution in [0.2, 0.25) is 0 Å². The number of hydrogen-bond acceptors (Lipinski definition) is 4. The summed E-state index contributed by atoms with van der Waals surface area (Å²) in [7, 11) is -2.73. The van der Waals surface area contributed by atoms with E-state index in [-0.39, 0.29) is 6.04 Å². The molecule has 2 rings (SSSR count). The Hall–Kier alpha value is -0.130. The van der Waals surface area contributed by atoms with Crippen molar-refractivity contribution < 1.29 is 8.42 Å². The Morgan fingerprint density at radius 2 is 2.21 bits per heavy atom. The second-order valence-electron chi connectivity index (χ2n) is 4.35. The average Bonchev–Trinajstić information content (AvgIpc) is 2.47. The fourth-order valence-corrected chi connectivity index (χ4v) is 4.18. The van der Waals surface area contributed by atoms with Crippen molar-refractivity contribution in [2.45, 2.75) is 25.4 Å². The zero-order chi connectivity index (χ0) is 10.2. The van der Waals surface area contributed by atoms with E-state index in [2.05, 4.69) is 17.1 Å². The van der Waals surface area contributed by atoms with Gasteiger partial charge in [0.1, 0.15) is 0 Å². The first-order valence-electron chi connectivity index (χ1n) is 5.25. The van der Waals surface area contributed by atoms with Crippen molar-refractivity contribution >= 4 is 9.84 Å². The van der Waals surface area contributed by atoms with Crippen molar-refractivity contribution in [3.8, 4) is 0 Å². The zero-order valence-corrected chi connectivity index (χ0v) is 9.39. The zero-order valence-electron chi connectivity index (χ0n) is 8.57. The first kappa shape index (κ1) is 10.4. The number of sulfone groups is 1. The topological polar surface area (TPSA) is 49.4 Å². The van der Waals surface area contributed by atoms with Crippen molar-refractivity contribution in [3.63, 3.8) is 0 Å². The molecule has 1 N–H and O–H groups in total. The molecule has 0 spiro atoms. The van der Waals surface area contributed by atoms with Crippen LogP contribution in [0.25, 0.3) is 0 Å². The summed E-state index contributed by atoms with van der Waals surface area (Å²) in [6.45, 7) is 5.12. The summed E-state index contributed by atoms with van der Waals surface area (Å²) in [6, 6.07) is 0.749. The molecule has 2 aliphatic heterocycles. The molecule has 0 radical (unpaired) electrons. The van der Waals surface area contributed by atoms with Crippen LogP contribution in [0.5, 0.6) is 0 Å². The van der Waals surface area contributed by atoms with E-state index in [0.29, 0.717) is 17.5 Å². The van der Waals surface area contributed by atoms with Crippen LogP contribution in [0.3, 0.4) is 0 Å². The van der Waals surface area contributed by atoms with E-state index in [0.717, 1.165) is 26.1 Å². The van der Waals surface area contributed by atoms with Gasteiger partial charge in [-0.25, -0.2) is 8.42 Å². The third kappa shape index (κ3) is 2.10. The van der Waals surface area contributed by atoms with E-state index >= 15 is 0 Å². The molecule has 5 heteroatoms. The molecule has 0 aliphatic carbocycles. The third-order valence-electron chi connectivity index (χ3n) is 3.23. The van der Waals surface area contributed by atoms with Gasteiger partial charge < -0.3 is 5.32 Å². The van der Waals surface area contributed by atoms with Crippen molar-refractivity contribution in [1.29, 1.82) is 0 Å². The minimum atomic E-state index is -2.73.